The Morgan fingerprint density at radius 3 is 2.44 bits per heavy atom. The van der Waals surface area contributed by atoms with Gasteiger partial charge in [-0.05, 0) is 5.92 Å². The van der Waals surface area contributed by atoms with Crippen LogP contribution >= 0.6 is 0 Å². The molecular formula is C10H17N3O3. The van der Waals surface area contributed by atoms with Crippen molar-refractivity contribution >= 4 is 11.8 Å². The zero-order chi connectivity index (χ0) is 12.6. The summed E-state index contributed by atoms with van der Waals surface area (Å²) >= 11 is 0. The Morgan fingerprint density at radius 1 is 1.38 bits per heavy atom. The average molecular weight is 227 g/mol. The number of methoxy groups -OCH3 is 1. The van der Waals surface area contributed by atoms with Gasteiger partial charge in [-0.1, -0.05) is 13.8 Å². The van der Waals surface area contributed by atoms with E-state index in [4.69, 9.17) is 10.00 Å². The average Bonchev–Trinajstić information content (AvgIpc) is 2.24. The predicted octanol–water partition coefficient (Wildman–Crippen LogP) is -0.587. The predicted molar refractivity (Wildman–Crippen MR) is 57.3 cm³/mol. The number of hydrogen-bond donors (Lipinski definition) is 2. The van der Waals surface area contributed by atoms with Crippen LogP contribution < -0.4 is 10.6 Å². The van der Waals surface area contributed by atoms with Crippen molar-refractivity contribution in [3.8, 4) is 6.07 Å². The molecule has 90 valence electrons. The highest BCUT2D eigenvalue weighted by molar-refractivity contribution is 6.35. The van der Waals surface area contributed by atoms with Crippen molar-refractivity contribution < 1.29 is 14.3 Å². The van der Waals surface area contributed by atoms with Gasteiger partial charge in [0.15, 0.2) is 0 Å². The van der Waals surface area contributed by atoms with E-state index in [-0.39, 0.29) is 18.5 Å². The number of ether oxygens (including phenoxy) is 1. The van der Waals surface area contributed by atoms with Gasteiger partial charge in [-0.25, -0.2) is 0 Å². The molecule has 0 aromatic carbocycles. The van der Waals surface area contributed by atoms with Gasteiger partial charge in [-0.15, -0.1) is 0 Å². The van der Waals surface area contributed by atoms with Crippen molar-refractivity contribution in [3.63, 3.8) is 0 Å². The van der Waals surface area contributed by atoms with Crippen molar-refractivity contribution in [2.45, 2.75) is 19.9 Å². The van der Waals surface area contributed by atoms with Crippen LogP contribution in [-0.4, -0.2) is 38.1 Å². The largest absolute Gasteiger partial charge is 0.383 e. The molecule has 0 fully saturated rings. The van der Waals surface area contributed by atoms with Crippen LogP contribution in [0.15, 0.2) is 0 Å². The van der Waals surface area contributed by atoms with Crippen molar-refractivity contribution in [2.24, 2.45) is 5.92 Å². The Labute approximate surface area is 95.0 Å². The van der Waals surface area contributed by atoms with E-state index in [0.29, 0.717) is 6.61 Å². The summed E-state index contributed by atoms with van der Waals surface area (Å²) in [4.78, 5) is 22.5. The first-order valence-electron chi connectivity index (χ1n) is 4.97. The monoisotopic (exact) mass is 227 g/mol. The Kier molecular flexibility index (Phi) is 6.88. The van der Waals surface area contributed by atoms with E-state index in [1.54, 1.807) is 6.07 Å². The molecular weight excluding hydrogens is 210 g/mol. The van der Waals surface area contributed by atoms with E-state index in [1.807, 2.05) is 13.8 Å². The highest BCUT2D eigenvalue weighted by atomic mass is 16.5. The lowest BCUT2D eigenvalue weighted by molar-refractivity contribution is -0.139. The van der Waals surface area contributed by atoms with Crippen LogP contribution in [0.25, 0.3) is 0 Å². The second-order valence-electron chi connectivity index (χ2n) is 3.62. The molecule has 0 aliphatic rings. The molecule has 0 heterocycles. The highest BCUT2D eigenvalue weighted by Gasteiger charge is 2.20. The Balaban J connectivity index is 4.19. The number of rotatable bonds is 5. The van der Waals surface area contributed by atoms with Crippen LogP contribution in [-0.2, 0) is 14.3 Å². The maximum absolute atomic E-state index is 11.4. The number of carbonyl (C=O) groups is 2. The number of carbonyl (C=O) groups excluding carboxylic acids is 2. The van der Waals surface area contributed by atoms with Gasteiger partial charge in [0.1, 0.15) is 6.54 Å². The van der Waals surface area contributed by atoms with E-state index in [2.05, 4.69) is 10.6 Å². The molecule has 6 nitrogen and oxygen atoms in total. The molecule has 0 radical (unpaired) electrons. The van der Waals surface area contributed by atoms with Crippen LogP contribution in [0.1, 0.15) is 13.8 Å². The number of nitriles is 1. The number of nitrogens with one attached hydrogen (secondary N) is 2. The summed E-state index contributed by atoms with van der Waals surface area (Å²) in [6.07, 6.45) is 0. The smallest absolute Gasteiger partial charge is 0.310 e. The van der Waals surface area contributed by atoms with Crippen LogP contribution in [0, 0.1) is 17.2 Å². The number of amides is 2. The third-order valence-corrected chi connectivity index (χ3v) is 2.00. The summed E-state index contributed by atoms with van der Waals surface area (Å²) in [5.74, 6) is -1.39. The molecule has 1 unspecified atom stereocenters. The first kappa shape index (κ1) is 14.4. The zero-order valence-electron chi connectivity index (χ0n) is 9.74. The zero-order valence-corrected chi connectivity index (χ0v) is 9.74. The van der Waals surface area contributed by atoms with E-state index >= 15 is 0 Å². The summed E-state index contributed by atoms with van der Waals surface area (Å²) in [6, 6.07) is 1.50. The molecule has 16 heavy (non-hydrogen) atoms. The number of hydrogen-bond acceptors (Lipinski definition) is 4. The maximum Gasteiger partial charge on any atom is 0.310 e. The SMILES string of the molecule is COCC(NC(=O)C(=O)NCC#N)C(C)C. The summed E-state index contributed by atoms with van der Waals surface area (Å²) in [5, 5.41) is 12.9. The van der Waals surface area contributed by atoms with Gasteiger partial charge in [0.2, 0.25) is 0 Å². The van der Waals surface area contributed by atoms with Gasteiger partial charge in [0.25, 0.3) is 0 Å². The van der Waals surface area contributed by atoms with E-state index < -0.39 is 11.8 Å². The minimum Gasteiger partial charge on any atom is -0.383 e. The van der Waals surface area contributed by atoms with Crippen LogP contribution in [0.3, 0.4) is 0 Å². The molecule has 0 saturated heterocycles. The fourth-order valence-electron chi connectivity index (χ4n) is 1.01. The van der Waals surface area contributed by atoms with Gasteiger partial charge in [0.05, 0.1) is 18.7 Å². The lowest BCUT2D eigenvalue weighted by Crippen LogP contribution is -2.48. The molecule has 1 atom stereocenters. The van der Waals surface area contributed by atoms with E-state index in [0.717, 1.165) is 0 Å². The van der Waals surface area contributed by atoms with Crippen LogP contribution in [0.4, 0.5) is 0 Å². The molecule has 0 aliphatic carbocycles. The highest BCUT2D eigenvalue weighted by Crippen LogP contribution is 2.01. The van der Waals surface area contributed by atoms with Crippen molar-refractivity contribution in [2.75, 3.05) is 20.3 Å². The van der Waals surface area contributed by atoms with Gasteiger partial charge < -0.3 is 15.4 Å². The standard InChI is InChI=1S/C10H17N3O3/c1-7(2)8(6-16-3)13-10(15)9(14)12-5-4-11/h7-8H,5-6H2,1-3H3,(H,12,14)(H,13,15). The van der Waals surface area contributed by atoms with Crippen molar-refractivity contribution in [3.05, 3.63) is 0 Å². The maximum atomic E-state index is 11.4. The molecule has 0 saturated carbocycles. The first-order valence-corrected chi connectivity index (χ1v) is 4.97. The summed E-state index contributed by atoms with van der Waals surface area (Å²) in [5.41, 5.74) is 0. The van der Waals surface area contributed by atoms with Crippen LogP contribution in [0.2, 0.25) is 0 Å². The van der Waals surface area contributed by atoms with E-state index in [1.165, 1.54) is 7.11 Å². The molecule has 6 heteroatoms. The Bertz CT molecular complexity index is 284. The molecule has 0 aromatic rings. The van der Waals surface area contributed by atoms with Crippen molar-refractivity contribution in [1.29, 1.82) is 5.26 Å². The summed E-state index contributed by atoms with van der Waals surface area (Å²) in [7, 11) is 1.53. The molecule has 2 amide bonds. The second kappa shape index (κ2) is 7.65. The normalized spacial score (nSPS) is 11.7. The van der Waals surface area contributed by atoms with Gasteiger partial charge >= 0.3 is 11.8 Å². The summed E-state index contributed by atoms with van der Waals surface area (Å²) in [6.45, 7) is 3.99. The minimum atomic E-state index is -0.802. The lowest BCUT2D eigenvalue weighted by Gasteiger charge is -2.20. The third-order valence-electron chi connectivity index (χ3n) is 2.00. The minimum absolute atomic E-state index is 0.160. The fourth-order valence-corrected chi connectivity index (χ4v) is 1.01. The van der Waals surface area contributed by atoms with Crippen LogP contribution in [0.5, 0.6) is 0 Å². The first-order chi connectivity index (χ1) is 7.52. The fraction of sp³-hybridized carbons (Fsp3) is 0.700. The van der Waals surface area contributed by atoms with E-state index in [9.17, 15) is 9.59 Å². The topological polar surface area (TPSA) is 91.2 Å². The Morgan fingerprint density at radius 2 is 2.00 bits per heavy atom. The lowest BCUT2D eigenvalue weighted by atomic mass is 10.1. The number of nitrogens with zero attached hydrogens (tertiary/aromatic N) is 1. The molecule has 0 bridgehead atoms. The quantitative estimate of drug-likeness (QED) is 0.485. The summed E-state index contributed by atoms with van der Waals surface area (Å²) < 4.78 is 4.93. The molecule has 0 spiro atoms. The molecule has 0 aliphatic heterocycles. The third kappa shape index (κ3) is 5.32. The van der Waals surface area contributed by atoms with Gasteiger partial charge in [-0.3, -0.25) is 9.59 Å². The van der Waals surface area contributed by atoms with Gasteiger partial charge in [0, 0.05) is 7.11 Å². The van der Waals surface area contributed by atoms with Gasteiger partial charge in [-0.2, -0.15) is 5.26 Å². The molecule has 0 rings (SSSR count). The second-order valence-corrected chi connectivity index (χ2v) is 3.62. The molecule has 2 N–H and O–H groups in total. The molecule has 0 aromatic heterocycles. The Hall–Kier alpha value is -1.61. The van der Waals surface area contributed by atoms with Crippen molar-refractivity contribution in [1.82, 2.24) is 10.6 Å².